The molecule has 1 aromatic carbocycles. The van der Waals surface area contributed by atoms with E-state index in [-0.39, 0.29) is 0 Å². The molecule has 3 aromatic rings. The first kappa shape index (κ1) is 27.4. The molecule has 0 radical (unpaired) electrons. The largest absolute Gasteiger partial charge is 0.473 e. The number of aromatic nitrogens is 3. The fourth-order valence-electron chi connectivity index (χ4n) is 6.25. The van der Waals surface area contributed by atoms with E-state index < -0.39 is 12.3 Å². The first-order chi connectivity index (χ1) is 19.2. The number of piperidine rings is 1. The number of ether oxygens (including phenoxy) is 1. The van der Waals surface area contributed by atoms with E-state index in [9.17, 15) is 5.11 Å². The molecule has 6 rings (SSSR count). The Morgan fingerprint density at radius 2 is 1.90 bits per heavy atom. The van der Waals surface area contributed by atoms with Gasteiger partial charge in [0, 0.05) is 35.7 Å². The summed E-state index contributed by atoms with van der Waals surface area (Å²) in [7, 11) is 0. The van der Waals surface area contributed by atoms with E-state index in [0.29, 0.717) is 39.8 Å². The summed E-state index contributed by atoms with van der Waals surface area (Å²) >= 11 is 6.71. The smallest absolute Gasteiger partial charge is 0.173 e. The Morgan fingerprint density at radius 3 is 2.52 bits per heavy atom. The van der Waals surface area contributed by atoms with Gasteiger partial charge in [0.2, 0.25) is 0 Å². The summed E-state index contributed by atoms with van der Waals surface area (Å²) in [5.41, 5.74) is 10.5. The predicted octanol–water partition coefficient (Wildman–Crippen LogP) is 4.88. The third-order valence-corrected chi connectivity index (χ3v) is 9.24. The van der Waals surface area contributed by atoms with Crippen LogP contribution in [0, 0.1) is 26.2 Å². The zero-order chi connectivity index (χ0) is 28.2. The molecule has 4 heterocycles. The number of hydrogen-bond acceptors (Lipinski definition) is 9. The molecule has 3 N–H and O–H groups in total. The maximum absolute atomic E-state index is 10.1. The molecular weight excluding hydrogens is 528 g/mol. The van der Waals surface area contributed by atoms with Gasteiger partial charge in [-0.3, -0.25) is 5.73 Å². The SMILES string of the molecule is CCC(O)[C@H](N)Oc1ccc(Cl)c(-c2nc(-c3c(C)noc3C)c(C)c(N3CC4(CCN(C5CC5)CC4)C3)n2)c1. The van der Waals surface area contributed by atoms with Crippen LogP contribution in [0.5, 0.6) is 5.75 Å². The van der Waals surface area contributed by atoms with Crippen molar-refractivity contribution in [1.82, 2.24) is 20.0 Å². The Bertz CT molecular complexity index is 1370. The van der Waals surface area contributed by atoms with Crippen LogP contribution in [0.2, 0.25) is 5.02 Å². The van der Waals surface area contributed by atoms with Gasteiger partial charge in [0.25, 0.3) is 0 Å². The minimum absolute atomic E-state index is 0.355. The molecule has 3 fully saturated rings. The van der Waals surface area contributed by atoms with Crippen LogP contribution < -0.4 is 15.4 Å². The second-order valence-electron chi connectivity index (χ2n) is 11.9. The molecule has 9 nitrogen and oxygen atoms in total. The highest BCUT2D eigenvalue weighted by atomic mass is 35.5. The maximum atomic E-state index is 10.1. The fourth-order valence-corrected chi connectivity index (χ4v) is 6.45. The van der Waals surface area contributed by atoms with E-state index in [1.807, 2.05) is 20.8 Å². The monoisotopic (exact) mass is 566 g/mol. The first-order valence-corrected chi connectivity index (χ1v) is 14.8. The Hall–Kier alpha value is -2.72. The third-order valence-electron chi connectivity index (χ3n) is 8.91. The Morgan fingerprint density at radius 1 is 1.18 bits per heavy atom. The van der Waals surface area contributed by atoms with Crippen molar-refractivity contribution in [3.8, 4) is 28.4 Å². The molecule has 2 saturated heterocycles. The van der Waals surface area contributed by atoms with Crippen LogP contribution in [0.3, 0.4) is 0 Å². The van der Waals surface area contributed by atoms with Gasteiger partial charge in [0.1, 0.15) is 23.4 Å². The van der Waals surface area contributed by atoms with E-state index in [0.717, 1.165) is 47.5 Å². The number of nitrogens with two attached hydrogens (primary N) is 1. The summed E-state index contributed by atoms with van der Waals surface area (Å²) < 4.78 is 11.4. The zero-order valence-electron chi connectivity index (χ0n) is 23.8. The number of anilines is 1. The lowest BCUT2D eigenvalue weighted by molar-refractivity contribution is 0.0379. The number of nitrogens with zero attached hydrogens (tertiary/aromatic N) is 5. The van der Waals surface area contributed by atoms with E-state index in [1.165, 1.54) is 38.8 Å². The first-order valence-electron chi connectivity index (χ1n) is 14.4. The quantitative estimate of drug-likeness (QED) is 0.368. The molecule has 2 atom stereocenters. The molecule has 1 saturated carbocycles. The van der Waals surface area contributed by atoms with Gasteiger partial charge in [-0.2, -0.15) is 0 Å². The number of aliphatic hydroxyl groups is 1. The molecule has 40 heavy (non-hydrogen) atoms. The summed E-state index contributed by atoms with van der Waals surface area (Å²) in [6, 6.07) is 6.12. The summed E-state index contributed by atoms with van der Waals surface area (Å²) in [6.45, 7) is 12.2. The molecule has 1 unspecified atom stereocenters. The van der Waals surface area contributed by atoms with E-state index >= 15 is 0 Å². The number of likely N-dealkylation sites (tertiary alicyclic amines) is 1. The van der Waals surface area contributed by atoms with E-state index in [4.69, 9.17) is 36.6 Å². The average molecular weight is 567 g/mol. The van der Waals surface area contributed by atoms with Gasteiger partial charge < -0.3 is 24.2 Å². The summed E-state index contributed by atoms with van der Waals surface area (Å²) in [5.74, 6) is 2.62. The van der Waals surface area contributed by atoms with E-state index in [2.05, 4.69) is 21.9 Å². The lowest BCUT2D eigenvalue weighted by atomic mass is 9.72. The summed E-state index contributed by atoms with van der Waals surface area (Å²) in [4.78, 5) is 15.2. The molecule has 1 aliphatic carbocycles. The molecular formula is C30H39ClN6O3. The van der Waals surface area contributed by atoms with Gasteiger partial charge in [-0.1, -0.05) is 23.7 Å². The zero-order valence-corrected chi connectivity index (χ0v) is 24.5. The van der Waals surface area contributed by atoms with E-state index in [1.54, 1.807) is 18.2 Å². The highest BCUT2D eigenvalue weighted by molar-refractivity contribution is 6.33. The van der Waals surface area contributed by atoms with Crippen LogP contribution in [0.15, 0.2) is 22.7 Å². The molecule has 10 heteroatoms. The van der Waals surface area contributed by atoms with Gasteiger partial charge in [-0.25, -0.2) is 9.97 Å². The molecule has 0 amide bonds. The molecule has 0 bridgehead atoms. The highest BCUT2D eigenvalue weighted by Gasteiger charge is 2.47. The van der Waals surface area contributed by atoms with Gasteiger partial charge in [0.05, 0.1) is 22.0 Å². The number of aliphatic hydroxyl groups excluding tert-OH is 1. The average Bonchev–Trinajstić information content (AvgIpc) is 3.73. The summed E-state index contributed by atoms with van der Waals surface area (Å²) in [5, 5.41) is 14.8. The van der Waals surface area contributed by atoms with Crippen LogP contribution >= 0.6 is 11.6 Å². The Labute approximate surface area is 240 Å². The lowest BCUT2D eigenvalue weighted by Gasteiger charge is -2.55. The molecule has 2 aromatic heterocycles. The second kappa shape index (κ2) is 10.6. The Kier molecular flexibility index (Phi) is 7.27. The van der Waals surface area contributed by atoms with Crippen molar-refractivity contribution in [1.29, 1.82) is 0 Å². The lowest BCUT2D eigenvalue weighted by Crippen LogP contribution is -2.61. The standard InChI is InChI=1S/C30H39ClN6O3/c1-5-24(38)27(32)39-21-8-9-23(31)22(14-21)28-33-26(25-18(3)35-40-19(25)4)17(2)29(34-28)37-15-30(16-37)10-12-36(13-11-30)20-6-7-20/h8-9,14,20,24,27,38H,5-7,10-13,15-16,32H2,1-4H3/t24?,27-/m1/s1. The number of halogens is 1. The molecule has 2 aliphatic heterocycles. The molecule has 214 valence electrons. The van der Waals surface area contributed by atoms with Crippen molar-refractivity contribution in [2.24, 2.45) is 11.1 Å². The predicted molar refractivity (Wildman–Crippen MR) is 156 cm³/mol. The maximum Gasteiger partial charge on any atom is 0.173 e. The van der Waals surface area contributed by atoms with Gasteiger partial charge >= 0.3 is 0 Å². The Balaban J connectivity index is 1.35. The topological polar surface area (TPSA) is 114 Å². The van der Waals surface area contributed by atoms with Gasteiger partial charge in [-0.05, 0) is 84.2 Å². The van der Waals surface area contributed by atoms with Crippen LogP contribution in [-0.2, 0) is 0 Å². The van der Waals surface area contributed by atoms with Crippen molar-refractivity contribution in [2.75, 3.05) is 31.1 Å². The van der Waals surface area contributed by atoms with Crippen molar-refractivity contribution in [3.63, 3.8) is 0 Å². The van der Waals surface area contributed by atoms with Crippen molar-refractivity contribution >= 4 is 17.4 Å². The minimum Gasteiger partial charge on any atom is -0.473 e. The summed E-state index contributed by atoms with van der Waals surface area (Å²) in [6.07, 6.45) is 4.07. The van der Waals surface area contributed by atoms with Crippen LogP contribution in [0.4, 0.5) is 5.82 Å². The van der Waals surface area contributed by atoms with Crippen molar-refractivity contribution in [3.05, 3.63) is 40.2 Å². The van der Waals surface area contributed by atoms with Crippen LogP contribution in [0.25, 0.3) is 22.6 Å². The molecule has 3 aliphatic rings. The van der Waals surface area contributed by atoms with Crippen LogP contribution in [0.1, 0.15) is 56.0 Å². The van der Waals surface area contributed by atoms with Gasteiger partial charge in [-0.15, -0.1) is 0 Å². The number of rotatable bonds is 8. The number of aryl methyl sites for hydroxylation is 2. The second-order valence-corrected chi connectivity index (χ2v) is 12.3. The van der Waals surface area contributed by atoms with Crippen molar-refractivity contribution in [2.45, 2.75) is 78.2 Å². The van der Waals surface area contributed by atoms with Crippen molar-refractivity contribution < 1.29 is 14.4 Å². The number of benzene rings is 1. The number of hydrogen-bond donors (Lipinski definition) is 2. The fraction of sp³-hybridized carbons (Fsp3) is 0.567. The minimum atomic E-state index is -0.852. The van der Waals surface area contributed by atoms with Gasteiger partial charge in [0.15, 0.2) is 12.1 Å². The molecule has 1 spiro atoms. The normalized spacial score (nSPS) is 20.4. The highest BCUT2D eigenvalue weighted by Crippen LogP contribution is 2.46. The third kappa shape index (κ3) is 5.09. The van der Waals surface area contributed by atoms with Crippen LogP contribution in [-0.4, -0.2) is 69.7 Å².